The van der Waals surface area contributed by atoms with E-state index in [0.717, 1.165) is 30.8 Å². The number of aryl methyl sites for hydroxylation is 1. The molecule has 1 aliphatic carbocycles. The highest BCUT2D eigenvalue weighted by molar-refractivity contribution is 7.11. The van der Waals surface area contributed by atoms with Crippen LogP contribution in [0.2, 0.25) is 0 Å². The minimum atomic E-state index is -4.12. The second kappa shape index (κ2) is 6.85. The number of rotatable bonds is 5. The van der Waals surface area contributed by atoms with E-state index < -0.39 is 18.0 Å². The van der Waals surface area contributed by atoms with Gasteiger partial charge in [-0.1, -0.05) is 12.8 Å². The molecule has 0 bridgehead atoms. The lowest BCUT2D eigenvalue weighted by Gasteiger charge is -2.31. The van der Waals surface area contributed by atoms with Crippen molar-refractivity contribution in [3.8, 4) is 0 Å². The van der Waals surface area contributed by atoms with E-state index >= 15 is 0 Å². The predicted molar refractivity (Wildman–Crippen MR) is 72.9 cm³/mol. The standard InChI is InChI=1S/C13H20F3N3S/c1-17-8-4-7-11-18-19-12(20-11)9-5-2-3-6-10(9)13(14,15)16/h9-10,17H,2-8H2,1H3. The third-order valence-corrected chi connectivity index (χ3v) is 4.92. The first-order valence-corrected chi connectivity index (χ1v) is 7.87. The zero-order valence-corrected chi connectivity index (χ0v) is 12.4. The maximum atomic E-state index is 13.1. The maximum absolute atomic E-state index is 13.1. The fourth-order valence-corrected chi connectivity index (χ4v) is 3.84. The van der Waals surface area contributed by atoms with Crippen molar-refractivity contribution in [1.29, 1.82) is 0 Å². The van der Waals surface area contributed by atoms with E-state index in [9.17, 15) is 13.2 Å². The van der Waals surface area contributed by atoms with Crippen molar-refractivity contribution in [3.63, 3.8) is 0 Å². The van der Waals surface area contributed by atoms with Gasteiger partial charge in [0.25, 0.3) is 0 Å². The molecule has 7 heteroatoms. The van der Waals surface area contributed by atoms with Gasteiger partial charge in [0.1, 0.15) is 10.0 Å². The molecule has 0 amide bonds. The van der Waals surface area contributed by atoms with Crippen LogP contribution in [0.4, 0.5) is 13.2 Å². The van der Waals surface area contributed by atoms with E-state index in [-0.39, 0.29) is 6.42 Å². The maximum Gasteiger partial charge on any atom is 0.392 e. The minimum Gasteiger partial charge on any atom is -0.320 e. The normalized spacial score (nSPS) is 24.0. The van der Waals surface area contributed by atoms with Crippen LogP contribution in [0.3, 0.4) is 0 Å². The Hall–Kier alpha value is -0.690. The van der Waals surface area contributed by atoms with Crippen LogP contribution in [0.25, 0.3) is 0 Å². The second-order valence-electron chi connectivity index (χ2n) is 5.28. The fraction of sp³-hybridized carbons (Fsp3) is 0.846. The third kappa shape index (κ3) is 3.91. The third-order valence-electron chi connectivity index (χ3n) is 3.80. The summed E-state index contributed by atoms with van der Waals surface area (Å²) in [5.41, 5.74) is 0. The smallest absolute Gasteiger partial charge is 0.320 e. The molecule has 1 aromatic heterocycles. The van der Waals surface area contributed by atoms with E-state index in [1.165, 1.54) is 11.3 Å². The van der Waals surface area contributed by atoms with Crippen LogP contribution in [0, 0.1) is 5.92 Å². The van der Waals surface area contributed by atoms with Crippen molar-refractivity contribution in [2.45, 2.75) is 50.6 Å². The molecule has 114 valence electrons. The summed E-state index contributed by atoms with van der Waals surface area (Å²) in [4.78, 5) is 0. The molecule has 2 rings (SSSR count). The molecule has 1 aromatic rings. The molecular weight excluding hydrogens is 287 g/mol. The van der Waals surface area contributed by atoms with Crippen molar-refractivity contribution in [1.82, 2.24) is 15.5 Å². The van der Waals surface area contributed by atoms with Gasteiger partial charge >= 0.3 is 6.18 Å². The number of halogens is 3. The summed E-state index contributed by atoms with van der Waals surface area (Å²) in [7, 11) is 1.88. The summed E-state index contributed by atoms with van der Waals surface area (Å²) in [6.07, 6.45) is -0.0952. The lowest BCUT2D eigenvalue weighted by molar-refractivity contribution is -0.187. The topological polar surface area (TPSA) is 37.8 Å². The molecule has 2 unspecified atom stereocenters. The average molecular weight is 307 g/mol. The van der Waals surface area contributed by atoms with Gasteiger partial charge in [0.2, 0.25) is 0 Å². The molecule has 1 N–H and O–H groups in total. The number of alkyl halides is 3. The molecule has 0 saturated heterocycles. The highest BCUT2D eigenvalue weighted by Gasteiger charge is 2.47. The molecular formula is C13H20F3N3S. The monoisotopic (exact) mass is 307 g/mol. The molecule has 2 atom stereocenters. The molecule has 1 aliphatic rings. The second-order valence-corrected chi connectivity index (χ2v) is 6.37. The van der Waals surface area contributed by atoms with Gasteiger partial charge in [-0.15, -0.1) is 21.5 Å². The van der Waals surface area contributed by atoms with Gasteiger partial charge in [-0.3, -0.25) is 0 Å². The lowest BCUT2D eigenvalue weighted by Crippen LogP contribution is -2.31. The first-order chi connectivity index (χ1) is 9.52. The van der Waals surface area contributed by atoms with Crippen molar-refractivity contribution in [3.05, 3.63) is 10.0 Å². The molecule has 3 nitrogen and oxygen atoms in total. The van der Waals surface area contributed by atoms with Crippen LogP contribution in [-0.2, 0) is 6.42 Å². The van der Waals surface area contributed by atoms with Crippen LogP contribution < -0.4 is 5.32 Å². The number of hydrogen-bond donors (Lipinski definition) is 1. The van der Waals surface area contributed by atoms with Crippen molar-refractivity contribution >= 4 is 11.3 Å². The minimum absolute atomic E-state index is 0.225. The average Bonchev–Trinajstić information content (AvgIpc) is 2.87. The Morgan fingerprint density at radius 1 is 1.25 bits per heavy atom. The van der Waals surface area contributed by atoms with Gasteiger partial charge in [-0.2, -0.15) is 13.2 Å². The van der Waals surface area contributed by atoms with Gasteiger partial charge in [0.05, 0.1) is 5.92 Å². The zero-order chi connectivity index (χ0) is 14.6. The van der Waals surface area contributed by atoms with Gasteiger partial charge in [0, 0.05) is 12.3 Å². The Bertz CT molecular complexity index is 419. The Morgan fingerprint density at radius 3 is 2.70 bits per heavy atom. The molecule has 1 fully saturated rings. The Balaban J connectivity index is 2.05. The van der Waals surface area contributed by atoms with Crippen molar-refractivity contribution in [2.75, 3.05) is 13.6 Å². The summed E-state index contributed by atoms with van der Waals surface area (Å²) in [5, 5.41) is 12.6. The van der Waals surface area contributed by atoms with E-state index in [1.54, 1.807) is 0 Å². The van der Waals surface area contributed by atoms with E-state index in [1.807, 2.05) is 7.05 Å². The quantitative estimate of drug-likeness (QED) is 0.846. The van der Waals surface area contributed by atoms with Crippen LogP contribution in [0.5, 0.6) is 0 Å². The highest BCUT2D eigenvalue weighted by Crippen LogP contribution is 2.46. The van der Waals surface area contributed by atoms with E-state index in [0.29, 0.717) is 17.8 Å². The number of aromatic nitrogens is 2. The van der Waals surface area contributed by atoms with Gasteiger partial charge < -0.3 is 5.32 Å². The highest BCUT2D eigenvalue weighted by atomic mass is 32.1. The predicted octanol–water partition coefficient (Wildman–Crippen LogP) is 3.53. The fourth-order valence-electron chi connectivity index (χ4n) is 2.75. The van der Waals surface area contributed by atoms with Crippen molar-refractivity contribution < 1.29 is 13.2 Å². The lowest BCUT2D eigenvalue weighted by atomic mass is 9.79. The molecule has 1 saturated carbocycles. The molecule has 0 radical (unpaired) electrons. The molecule has 20 heavy (non-hydrogen) atoms. The molecule has 0 aliphatic heterocycles. The van der Waals surface area contributed by atoms with Crippen LogP contribution in [0.1, 0.15) is 48.0 Å². The summed E-state index contributed by atoms with van der Waals surface area (Å²) in [6.45, 7) is 0.878. The number of nitrogens with one attached hydrogen (secondary N) is 1. The van der Waals surface area contributed by atoms with Gasteiger partial charge in [0.15, 0.2) is 0 Å². The summed E-state index contributed by atoms with van der Waals surface area (Å²) in [6, 6.07) is 0. The van der Waals surface area contributed by atoms with E-state index in [2.05, 4.69) is 15.5 Å². The largest absolute Gasteiger partial charge is 0.392 e. The summed E-state index contributed by atoms with van der Waals surface area (Å²) in [5.74, 6) is -1.73. The van der Waals surface area contributed by atoms with Crippen LogP contribution in [-0.4, -0.2) is 30.0 Å². The Kier molecular flexibility index (Phi) is 5.37. The van der Waals surface area contributed by atoms with E-state index in [4.69, 9.17) is 0 Å². The number of hydrogen-bond acceptors (Lipinski definition) is 4. The Morgan fingerprint density at radius 2 is 2.00 bits per heavy atom. The molecule has 0 spiro atoms. The van der Waals surface area contributed by atoms with Crippen molar-refractivity contribution in [2.24, 2.45) is 5.92 Å². The first kappa shape index (κ1) is 15.7. The summed E-state index contributed by atoms with van der Waals surface area (Å²) >= 11 is 1.36. The van der Waals surface area contributed by atoms with Crippen LogP contribution in [0.15, 0.2) is 0 Å². The Labute approximate surface area is 121 Å². The van der Waals surface area contributed by atoms with Crippen LogP contribution >= 0.6 is 11.3 Å². The number of nitrogens with zero attached hydrogens (tertiary/aromatic N) is 2. The summed E-state index contributed by atoms with van der Waals surface area (Å²) < 4.78 is 39.2. The SMILES string of the molecule is CNCCCc1nnc(C2CCCCC2C(F)(F)F)s1. The first-order valence-electron chi connectivity index (χ1n) is 7.06. The van der Waals surface area contributed by atoms with Gasteiger partial charge in [-0.05, 0) is 32.9 Å². The zero-order valence-electron chi connectivity index (χ0n) is 11.5. The molecule has 0 aromatic carbocycles. The molecule has 1 heterocycles. The van der Waals surface area contributed by atoms with Gasteiger partial charge in [-0.25, -0.2) is 0 Å².